The SMILES string of the molecule is FC(F)(F)C1=NCCNc2c1cnc1ccccc21. The fourth-order valence-electron chi connectivity index (χ4n) is 2.19. The van der Waals surface area contributed by atoms with Crippen LogP contribution >= 0.6 is 0 Å². The molecule has 3 rings (SSSR count). The molecule has 2 aromatic rings. The third-order valence-electron chi connectivity index (χ3n) is 2.98. The van der Waals surface area contributed by atoms with Gasteiger partial charge in [0, 0.05) is 23.7 Å². The zero-order valence-electron chi connectivity index (χ0n) is 9.83. The van der Waals surface area contributed by atoms with Crippen LogP contribution in [0.5, 0.6) is 0 Å². The molecule has 1 N–H and O–H groups in total. The van der Waals surface area contributed by atoms with E-state index < -0.39 is 11.9 Å². The monoisotopic (exact) mass is 265 g/mol. The summed E-state index contributed by atoms with van der Waals surface area (Å²) in [7, 11) is 0. The Morgan fingerprint density at radius 3 is 2.74 bits per heavy atom. The first-order valence-corrected chi connectivity index (χ1v) is 5.81. The minimum atomic E-state index is -4.47. The molecular formula is C13H10F3N3. The normalized spacial score (nSPS) is 15.4. The molecule has 1 aromatic heterocycles. The van der Waals surface area contributed by atoms with Gasteiger partial charge in [0.05, 0.1) is 17.7 Å². The van der Waals surface area contributed by atoms with Crippen molar-refractivity contribution < 1.29 is 13.2 Å². The second-order valence-corrected chi connectivity index (χ2v) is 4.22. The van der Waals surface area contributed by atoms with Crippen molar-refractivity contribution in [3.8, 4) is 0 Å². The lowest BCUT2D eigenvalue weighted by atomic mass is 10.1. The summed E-state index contributed by atoms with van der Waals surface area (Å²) in [4.78, 5) is 7.71. The van der Waals surface area contributed by atoms with Gasteiger partial charge < -0.3 is 5.32 Å². The first kappa shape index (κ1) is 12.0. The topological polar surface area (TPSA) is 37.3 Å². The number of aromatic nitrogens is 1. The van der Waals surface area contributed by atoms with Crippen LogP contribution in [0.4, 0.5) is 18.9 Å². The first-order chi connectivity index (χ1) is 9.07. The van der Waals surface area contributed by atoms with Gasteiger partial charge in [-0.3, -0.25) is 9.98 Å². The Bertz CT molecular complexity index is 662. The molecule has 0 bridgehead atoms. The number of hydrogen-bond donors (Lipinski definition) is 1. The highest BCUT2D eigenvalue weighted by Crippen LogP contribution is 2.32. The number of alkyl halides is 3. The maximum Gasteiger partial charge on any atom is 0.433 e. The Morgan fingerprint density at radius 2 is 1.95 bits per heavy atom. The maximum atomic E-state index is 13.0. The smallest absolute Gasteiger partial charge is 0.382 e. The molecule has 0 amide bonds. The summed E-state index contributed by atoms with van der Waals surface area (Å²) in [6.07, 6.45) is -3.23. The molecule has 0 unspecified atom stereocenters. The van der Waals surface area contributed by atoms with E-state index in [1.54, 1.807) is 24.3 Å². The van der Waals surface area contributed by atoms with Crippen molar-refractivity contribution in [2.45, 2.75) is 6.18 Å². The fourth-order valence-corrected chi connectivity index (χ4v) is 2.19. The molecule has 0 radical (unpaired) electrons. The third kappa shape index (κ3) is 2.03. The van der Waals surface area contributed by atoms with Crippen LogP contribution in [0.3, 0.4) is 0 Å². The lowest BCUT2D eigenvalue weighted by molar-refractivity contribution is -0.0581. The summed E-state index contributed by atoms with van der Waals surface area (Å²) in [5, 5.41) is 3.70. The van der Waals surface area contributed by atoms with E-state index in [9.17, 15) is 13.2 Å². The number of aliphatic imine (C=N–C) groups is 1. The van der Waals surface area contributed by atoms with E-state index in [4.69, 9.17) is 0 Å². The van der Waals surface area contributed by atoms with Crippen LogP contribution in [0, 0.1) is 0 Å². The predicted molar refractivity (Wildman–Crippen MR) is 67.7 cm³/mol. The maximum absolute atomic E-state index is 13.0. The van der Waals surface area contributed by atoms with E-state index in [1.807, 2.05) is 0 Å². The van der Waals surface area contributed by atoms with Crippen LogP contribution in [0.2, 0.25) is 0 Å². The number of pyridine rings is 1. The van der Waals surface area contributed by atoms with Crippen molar-refractivity contribution in [3.05, 3.63) is 36.0 Å². The second kappa shape index (κ2) is 4.22. The molecule has 0 atom stereocenters. The minimum absolute atomic E-state index is 0.0173. The molecule has 0 spiro atoms. The molecule has 0 fully saturated rings. The predicted octanol–water partition coefficient (Wildman–Crippen LogP) is 3.01. The molecule has 6 heteroatoms. The summed E-state index contributed by atoms with van der Waals surface area (Å²) < 4.78 is 39.0. The van der Waals surface area contributed by atoms with Crippen molar-refractivity contribution in [2.24, 2.45) is 4.99 Å². The van der Waals surface area contributed by atoms with Crippen molar-refractivity contribution in [1.82, 2.24) is 4.98 Å². The Balaban J connectivity index is 2.29. The van der Waals surface area contributed by atoms with Crippen molar-refractivity contribution in [2.75, 3.05) is 18.4 Å². The standard InChI is InChI=1S/C13H10F3N3/c14-13(15,16)12-9-7-19-10-4-2-1-3-8(10)11(9)17-5-6-18-12/h1-4,7,17H,5-6H2. The fraction of sp³-hybridized carbons (Fsp3) is 0.231. The van der Waals surface area contributed by atoms with E-state index in [0.717, 1.165) is 0 Å². The van der Waals surface area contributed by atoms with Gasteiger partial charge in [-0.15, -0.1) is 0 Å². The average molecular weight is 265 g/mol. The molecule has 3 nitrogen and oxygen atoms in total. The van der Waals surface area contributed by atoms with Crippen LogP contribution in [0.15, 0.2) is 35.5 Å². The lowest BCUT2D eigenvalue weighted by Crippen LogP contribution is -2.24. The van der Waals surface area contributed by atoms with Crippen LogP contribution < -0.4 is 5.32 Å². The summed E-state index contributed by atoms with van der Waals surface area (Å²) in [5.41, 5.74) is 0.283. The van der Waals surface area contributed by atoms with Gasteiger partial charge in [0.25, 0.3) is 0 Å². The highest BCUT2D eigenvalue weighted by molar-refractivity contribution is 6.13. The lowest BCUT2D eigenvalue weighted by Gasteiger charge is -2.14. The third-order valence-corrected chi connectivity index (χ3v) is 2.98. The van der Waals surface area contributed by atoms with E-state index >= 15 is 0 Å². The first-order valence-electron chi connectivity index (χ1n) is 5.81. The summed E-state index contributed by atoms with van der Waals surface area (Å²) in [6, 6.07) is 7.11. The number of halogens is 3. The average Bonchev–Trinajstić information content (AvgIpc) is 2.60. The molecular weight excluding hydrogens is 255 g/mol. The van der Waals surface area contributed by atoms with Crippen molar-refractivity contribution >= 4 is 22.3 Å². The van der Waals surface area contributed by atoms with Crippen LogP contribution in [0.1, 0.15) is 5.56 Å². The summed E-state index contributed by atoms with van der Waals surface area (Å²) >= 11 is 0. The molecule has 1 aliphatic heterocycles. The second-order valence-electron chi connectivity index (χ2n) is 4.22. The van der Waals surface area contributed by atoms with E-state index in [1.165, 1.54) is 6.20 Å². The van der Waals surface area contributed by atoms with Gasteiger partial charge in [-0.25, -0.2) is 0 Å². The Hall–Kier alpha value is -2.11. The van der Waals surface area contributed by atoms with Crippen molar-refractivity contribution in [3.63, 3.8) is 0 Å². The van der Waals surface area contributed by atoms with E-state index in [2.05, 4.69) is 15.3 Å². The van der Waals surface area contributed by atoms with Gasteiger partial charge in [0.1, 0.15) is 5.71 Å². The van der Waals surface area contributed by atoms with Gasteiger partial charge in [-0.05, 0) is 6.07 Å². The van der Waals surface area contributed by atoms with Crippen LogP contribution in [-0.2, 0) is 0 Å². The molecule has 1 aliphatic rings. The highest BCUT2D eigenvalue weighted by Gasteiger charge is 2.39. The van der Waals surface area contributed by atoms with Crippen molar-refractivity contribution in [1.29, 1.82) is 0 Å². The van der Waals surface area contributed by atoms with Gasteiger partial charge >= 0.3 is 6.18 Å². The van der Waals surface area contributed by atoms with Gasteiger partial charge in [-0.2, -0.15) is 13.2 Å². The molecule has 98 valence electrons. The van der Waals surface area contributed by atoms with Crippen LogP contribution in [-0.4, -0.2) is 30.0 Å². The van der Waals surface area contributed by atoms with Gasteiger partial charge in [0.15, 0.2) is 0 Å². The molecule has 19 heavy (non-hydrogen) atoms. The summed E-state index contributed by atoms with van der Waals surface area (Å²) in [5.74, 6) is 0. The molecule has 0 saturated carbocycles. The number of nitrogens with zero attached hydrogens (tertiary/aromatic N) is 2. The largest absolute Gasteiger partial charge is 0.433 e. The minimum Gasteiger partial charge on any atom is -0.382 e. The quantitative estimate of drug-likeness (QED) is 0.795. The molecule has 1 aromatic carbocycles. The molecule has 2 heterocycles. The number of nitrogens with one attached hydrogen (secondary N) is 1. The number of anilines is 1. The van der Waals surface area contributed by atoms with E-state index in [-0.39, 0.29) is 12.1 Å². The Kier molecular flexibility index (Phi) is 2.66. The number of rotatable bonds is 0. The van der Waals surface area contributed by atoms with Crippen LogP contribution in [0.25, 0.3) is 10.9 Å². The zero-order valence-corrected chi connectivity index (χ0v) is 9.83. The number of hydrogen-bond acceptors (Lipinski definition) is 3. The summed E-state index contributed by atoms with van der Waals surface area (Å²) in [6.45, 7) is 0.471. The van der Waals surface area contributed by atoms with E-state index in [0.29, 0.717) is 23.1 Å². The number of para-hydroxylation sites is 1. The molecule has 0 aliphatic carbocycles. The number of benzene rings is 1. The Labute approximate surface area is 107 Å². The van der Waals surface area contributed by atoms with Gasteiger partial charge in [0.2, 0.25) is 0 Å². The highest BCUT2D eigenvalue weighted by atomic mass is 19.4. The van der Waals surface area contributed by atoms with Gasteiger partial charge in [-0.1, -0.05) is 18.2 Å². The Morgan fingerprint density at radius 1 is 1.16 bits per heavy atom. The number of fused-ring (bicyclic) bond motifs is 3. The molecule has 0 saturated heterocycles. The zero-order chi connectivity index (χ0) is 13.5.